The summed E-state index contributed by atoms with van der Waals surface area (Å²) in [6.07, 6.45) is 11.2. The van der Waals surface area contributed by atoms with Gasteiger partial charge in [0.15, 0.2) is 5.60 Å². The van der Waals surface area contributed by atoms with Crippen LogP contribution >= 0.6 is 0 Å². The summed E-state index contributed by atoms with van der Waals surface area (Å²) in [4.78, 5) is 24.1. The van der Waals surface area contributed by atoms with Crippen molar-refractivity contribution in [1.29, 1.82) is 0 Å². The van der Waals surface area contributed by atoms with E-state index in [1.807, 2.05) is 18.2 Å². The summed E-state index contributed by atoms with van der Waals surface area (Å²) < 4.78 is 24.1. The highest BCUT2D eigenvalue weighted by Gasteiger charge is 2.65. The Balaban J connectivity index is 1.22. The Labute approximate surface area is 200 Å². The second-order valence-corrected chi connectivity index (χ2v) is 11.0. The molecule has 0 aromatic carbocycles. The molecule has 0 bridgehead atoms. The van der Waals surface area contributed by atoms with Gasteiger partial charge in [-0.2, -0.15) is 0 Å². The maximum absolute atomic E-state index is 12.2. The molecule has 3 fully saturated rings. The second kappa shape index (κ2) is 7.44. The maximum atomic E-state index is 12.2. The van der Waals surface area contributed by atoms with Gasteiger partial charge in [-0.25, -0.2) is 4.79 Å². The normalized spacial score (nSPS) is 43.5. The van der Waals surface area contributed by atoms with Crippen molar-refractivity contribution in [2.24, 2.45) is 17.8 Å². The van der Waals surface area contributed by atoms with E-state index in [9.17, 15) is 9.59 Å². The minimum Gasteiger partial charge on any atom is -0.455 e. The smallest absolute Gasteiger partial charge is 0.334 e. The highest BCUT2D eigenvalue weighted by molar-refractivity contribution is 5.90. The highest BCUT2D eigenvalue weighted by atomic mass is 16.6. The van der Waals surface area contributed by atoms with Gasteiger partial charge in [-0.1, -0.05) is 43.1 Å². The minimum absolute atomic E-state index is 0.0169. The lowest BCUT2D eigenvalue weighted by Gasteiger charge is -2.33. The zero-order chi connectivity index (χ0) is 23.8. The number of fused-ring (bicyclic) bond motifs is 1. The average molecular weight is 463 g/mol. The number of esters is 2. The van der Waals surface area contributed by atoms with Crippen LogP contribution in [0, 0.1) is 29.6 Å². The first-order valence-corrected chi connectivity index (χ1v) is 12.2. The molecule has 4 aliphatic heterocycles. The molecule has 0 N–H and O–H groups in total. The van der Waals surface area contributed by atoms with Crippen molar-refractivity contribution in [3.05, 3.63) is 47.1 Å². The van der Waals surface area contributed by atoms with Gasteiger partial charge < -0.3 is 18.9 Å². The van der Waals surface area contributed by atoms with Gasteiger partial charge in [-0.3, -0.25) is 4.79 Å². The van der Waals surface area contributed by atoms with Crippen molar-refractivity contribution in [3.8, 4) is 11.8 Å². The molecule has 34 heavy (non-hydrogen) atoms. The van der Waals surface area contributed by atoms with E-state index in [4.69, 9.17) is 18.9 Å². The van der Waals surface area contributed by atoms with Crippen LogP contribution in [-0.4, -0.2) is 47.6 Å². The first-order valence-electron chi connectivity index (χ1n) is 12.2. The van der Waals surface area contributed by atoms with Crippen LogP contribution in [-0.2, 0) is 28.5 Å². The fourth-order valence-electron chi connectivity index (χ4n) is 6.87. The molecular formula is C28H30O6. The van der Waals surface area contributed by atoms with E-state index in [0.29, 0.717) is 18.4 Å². The van der Waals surface area contributed by atoms with Crippen molar-refractivity contribution in [2.75, 3.05) is 0 Å². The van der Waals surface area contributed by atoms with Crippen LogP contribution in [0.25, 0.3) is 0 Å². The number of hydrogen-bond donors (Lipinski definition) is 0. The Morgan fingerprint density at radius 3 is 2.76 bits per heavy atom. The lowest BCUT2D eigenvalue weighted by molar-refractivity contribution is -0.151. The Bertz CT molecular complexity index is 1140. The molecule has 0 aromatic heterocycles. The number of cyclic esters (lactones) is 1. The minimum atomic E-state index is -0.688. The molecule has 178 valence electrons. The molecule has 6 nitrogen and oxygen atoms in total. The molecule has 2 aliphatic carbocycles. The largest absolute Gasteiger partial charge is 0.455 e. The van der Waals surface area contributed by atoms with Crippen molar-refractivity contribution in [1.82, 2.24) is 0 Å². The molecule has 3 saturated heterocycles. The van der Waals surface area contributed by atoms with E-state index in [-0.39, 0.29) is 54.1 Å². The van der Waals surface area contributed by atoms with Crippen molar-refractivity contribution < 1.29 is 28.5 Å². The molecule has 0 radical (unpaired) electrons. The SMILES string of the molecule is CC1=C[C@@H]([C@H]2O[C@@H]3CC=C(C#CC4=CC=C[C@H]5C(C)(C)O[C@@H]6CC(=O)O[C@@]65C4)[C@@H]3[C@@H]2C)OC1=O. The van der Waals surface area contributed by atoms with Gasteiger partial charge in [-0.15, -0.1) is 0 Å². The van der Waals surface area contributed by atoms with Crippen LogP contribution in [0.15, 0.2) is 47.1 Å². The fraction of sp³-hybridized carbons (Fsp3) is 0.571. The molecule has 0 unspecified atom stereocenters. The van der Waals surface area contributed by atoms with Crippen molar-refractivity contribution in [2.45, 2.75) is 82.6 Å². The molecule has 0 amide bonds. The van der Waals surface area contributed by atoms with Gasteiger partial charge in [0.2, 0.25) is 0 Å². The lowest BCUT2D eigenvalue weighted by Crippen LogP contribution is -2.44. The van der Waals surface area contributed by atoms with E-state index in [1.165, 1.54) is 0 Å². The Kier molecular flexibility index (Phi) is 4.79. The van der Waals surface area contributed by atoms with E-state index in [1.54, 1.807) is 6.92 Å². The third-order valence-corrected chi connectivity index (χ3v) is 8.41. The summed E-state index contributed by atoms with van der Waals surface area (Å²) in [7, 11) is 0. The molecule has 6 rings (SSSR count). The topological polar surface area (TPSA) is 71.1 Å². The monoisotopic (exact) mass is 462 g/mol. The van der Waals surface area contributed by atoms with Gasteiger partial charge in [0.05, 0.1) is 18.1 Å². The van der Waals surface area contributed by atoms with Crippen molar-refractivity contribution >= 4 is 11.9 Å². The van der Waals surface area contributed by atoms with Gasteiger partial charge >= 0.3 is 11.9 Å². The van der Waals surface area contributed by atoms with E-state index >= 15 is 0 Å². The zero-order valence-electron chi connectivity index (χ0n) is 20.0. The highest BCUT2D eigenvalue weighted by Crippen LogP contribution is 2.54. The number of ether oxygens (including phenoxy) is 4. The van der Waals surface area contributed by atoms with Crippen LogP contribution < -0.4 is 0 Å². The van der Waals surface area contributed by atoms with E-state index in [2.05, 4.69) is 44.8 Å². The van der Waals surface area contributed by atoms with Gasteiger partial charge in [-0.05, 0) is 39.2 Å². The second-order valence-electron chi connectivity index (χ2n) is 11.0. The predicted molar refractivity (Wildman–Crippen MR) is 123 cm³/mol. The Morgan fingerprint density at radius 1 is 1.18 bits per heavy atom. The summed E-state index contributed by atoms with van der Waals surface area (Å²) in [6, 6.07) is 0. The van der Waals surface area contributed by atoms with E-state index in [0.717, 1.165) is 17.6 Å². The number of carbonyl (C=O) groups is 2. The first kappa shape index (κ1) is 21.9. The van der Waals surface area contributed by atoms with Crippen LogP contribution in [0.2, 0.25) is 0 Å². The number of allylic oxidation sites excluding steroid dienone is 2. The summed E-state index contributed by atoms with van der Waals surface area (Å²) in [6.45, 7) is 8.06. The van der Waals surface area contributed by atoms with Gasteiger partial charge in [0, 0.05) is 35.0 Å². The zero-order valence-corrected chi connectivity index (χ0v) is 20.0. The fourth-order valence-corrected chi connectivity index (χ4v) is 6.87. The summed E-state index contributed by atoms with van der Waals surface area (Å²) in [5, 5.41) is 0. The lowest BCUT2D eigenvalue weighted by atomic mass is 9.75. The van der Waals surface area contributed by atoms with Gasteiger partial charge in [0.25, 0.3) is 0 Å². The molecule has 0 aromatic rings. The molecule has 6 aliphatic rings. The summed E-state index contributed by atoms with van der Waals surface area (Å²) >= 11 is 0. The molecule has 1 spiro atoms. The summed E-state index contributed by atoms with van der Waals surface area (Å²) in [5.74, 6) is 6.70. The average Bonchev–Trinajstić information content (AvgIpc) is 3.48. The Morgan fingerprint density at radius 2 is 2.00 bits per heavy atom. The van der Waals surface area contributed by atoms with Crippen LogP contribution in [0.4, 0.5) is 0 Å². The van der Waals surface area contributed by atoms with Gasteiger partial charge in [0.1, 0.15) is 18.3 Å². The number of carbonyl (C=O) groups excluding carboxylic acids is 2. The van der Waals surface area contributed by atoms with Crippen LogP contribution in [0.5, 0.6) is 0 Å². The quantitative estimate of drug-likeness (QED) is 0.438. The summed E-state index contributed by atoms with van der Waals surface area (Å²) in [5.41, 5.74) is 1.57. The molecule has 4 heterocycles. The third kappa shape index (κ3) is 3.17. The number of rotatable bonds is 1. The molecular weight excluding hydrogens is 432 g/mol. The standard InChI is InChI=1S/C28H30O6/c1-15-12-20(32-26(15)30)25-16(2)24-18(10-11-19(24)31-25)9-8-17-6-5-7-21-27(3,4)33-22-13-23(29)34-28(21,22)14-17/h5-7,10,12,16,19-22,24-25H,11,13-14H2,1-4H3/t16-,19+,20-,21-,22+,24-,25-,28+/m0/s1. The molecule has 0 saturated carbocycles. The third-order valence-electron chi connectivity index (χ3n) is 8.41. The number of hydrogen-bond acceptors (Lipinski definition) is 6. The van der Waals surface area contributed by atoms with E-state index < -0.39 is 11.2 Å². The van der Waals surface area contributed by atoms with Crippen LogP contribution in [0.3, 0.4) is 0 Å². The van der Waals surface area contributed by atoms with Crippen LogP contribution in [0.1, 0.15) is 47.0 Å². The Hall–Kier alpha value is -2.62. The molecule has 8 atom stereocenters. The predicted octanol–water partition coefficient (Wildman–Crippen LogP) is 3.58. The first-order chi connectivity index (χ1) is 16.2. The molecule has 6 heteroatoms. The maximum Gasteiger partial charge on any atom is 0.334 e. The van der Waals surface area contributed by atoms with Crippen molar-refractivity contribution in [3.63, 3.8) is 0 Å².